The molecule has 1 aliphatic carbocycles. The molecule has 0 N–H and O–H groups in total. The van der Waals surface area contributed by atoms with Crippen molar-refractivity contribution in [2.24, 2.45) is 5.92 Å². The molecule has 3 aliphatic rings. The standard InChI is InChI=1S/C24H17NO3/c1-17-11-5-2-3-8-16-21-22-24(17,28-22)19-14-9-10-15-20(19)25(21)23(26)27-18-12-6-4-7-13-18/h2-4,6-7,9-10,12-15,17,21-22H,1H3/b3-2+/t17-,21-,22-,24+/m0/s1. The van der Waals surface area contributed by atoms with Gasteiger partial charge >= 0.3 is 6.09 Å². The lowest BCUT2D eigenvalue weighted by atomic mass is 9.78. The second kappa shape index (κ2) is 6.30. The van der Waals surface area contributed by atoms with Crippen LogP contribution in [0, 0.1) is 29.6 Å². The van der Waals surface area contributed by atoms with Crippen LogP contribution < -0.4 is 9.64 Å². The molecule has 4 nitrogen and oxygen atoms in total. The van der Waals surface area contributed by atoms with Gasteiger partial charge in [0.05, 0.1) is 11.6 Å². The molecule has 0 radical (unpaired) electrons. The van der Waals surface area contributed by atoms with Crippen LogP contribution in [0.2, 0.25) is 0 Å². The minimum Gasteiger partial charge on any atom is -0.410 e. The molecule has 1 saturated heterocycles. The van der Waals surface area contributed by atoms with Gasteiger partial charge in [0.15, 0.2) is 0 Å². The molecule has 4 atom stereocenters. The van der Waals surface area contributed by atoms with Crippen LogP contribution in [-0.4, -0.2) is 18.2 Å². The molecule has 0 aromatic heterocycles. The van der Waals surface area contributed by atoms with Crippen LogP contribution in [0.15, 0.2) is 66.7 Å². The van der Waals surface area contributed by atoms with E-state index in [1.165, 1.54) is 0 Å². The highest BCUT2D eigenvalue weighted by Gasteiger charge is 2.69. The maximum Gasteiger partial charge on any atom is 0.420 e. The number of amides is 1. The molecule has 28 heavy (non-hydrogen) atoms. The Balaban J connectivity index is 1.63. The van der Waals surface area contributed by atoms with Crippen molar-refractivity contribution in [3.8, 4) is 29.4 Å². The van der Waals surface area contributed by atoms with Gasteiger partial charge in [-0.2, -0.15) is 0 Å². The van der Waals surface area contributed by atoms with Crippen LogP contribution in [0.4, 0.5) is 10.5 Å². The van der Waals surface area contributed by atoms with Gasteiger partial charge in [-0.05, 0) is 37.3 Å². The number of fused-ring (bicyclic) bond motifs is 1. The number of carbonyl (C=O) groups excluding carboxylic acids is 1. The quantitative estimate of drug-likeness (QED) is 0.567. The predicted molar refractivity (Wildman–Crippen MR) is 106 cm³/mol. The summed E-state index contributed by atoms with van der Waals surface area (Å²) < 4.78 is 11.9. The first-order valence-corrected chi connectivity index (χ1v) is 9.22. The van der Waals surface area contributed by atoms with Gasteiger partial charge in [0.25, 0.3) is 0 Å². The molecule has 1 fully saturated rings. The van der Waals surface area contributed by atoms with E-state index in [1.807, 2.05) is 42.5 Å². The Hall–Kier alpha value is -3.47. The minimum absolute atomic E-state index is 0.0296. The van der Waals surface area contributed by atoms with E-state index in [-0.39, 0.29) is 12.0 Å². The third-order valence-corrected chi connectivity index (χ3v) is 5.41. The van der Waals surface area contributed by atoms with Crippen molar-refractivity contribution in [2.45, 2.75) is 24.7 Å². The van der Waals surface area contributed by atoms with Crippen molar-refractivity contribution in [2.75, 3.05) is 4.90 Å². The average Bonchev–Trinajstić information content (AvgIpc) is 3.48. The average molecular weight is 367 g/mol. The molecule has 2 aliphatic heterocycles. The van der Waals surface area contributed by atoms with Gasteiger partial charge in [-0.1, -0.05) is 60.1 Å². The first-order valence-electron chi connectivity index (χ1n) is 9.22. The Kier molecular flexibility index (Phi) is 3.76. The Labute approximate surface area is 163 Å². The van der Waals surface area contributed by atoms with E-state index in [9.17, 15) is 4.79 Å². The monoisotopic (exact) mass is 367 g/mol. The van der Waals surface area contributed by atoms with Gasteiger partial charge in [-0.15, -0.1) is 0 Å². The summed E-state index contributed by atoms with van der Waals surface area (Å²) in [4.78, 5) is 14.8. The summed E-state index contributed by atoms with van der Waals surface area (Å²) in [5, 5.41) is 0. The highest BCUT2D eigenvalue weighted by molar-refractivity contribution is 5.93. The normalized spacial score (nSPS) is 29.6. The van der Waals surface area contributed by atoms with E-state index in [0.29, 0.717) is 5.75 Å². The van der Waals surface area contributed by atoms with E-state index in [1.54, 1.807) is 29.2 Å². The topological polar surface area (TPSA) is 42.1 Å². The number of allylic oxidation sites excluding steroid dienone is 2. The fourth-order valence-electron chi connectivity index (χ4n) is 4.06. The van der Waals surface area contributed by atoms with Crippen molar-refractivity contribution in [1.29, 1.82) is 0 Å². The molecule has 2 aromatic carbocycles. The number of hydrogen-bond donors (Lipinski definition) is 0. The van der Waals surface area contributed by atoms with Gasteiger partial charge in [-0.3, -0.25) is 4.90 Å². The van der Waals surface area contributed by atoms with E-state index in [4.69, 9.17) is 9.47 Å². The summed E-state index contributed by atoms with van der Waals surface area (Å²) in [5.41, 5.74) is 1.17. The maximum atomic E-state index is 13.2. The van der Waals surface area contributed by atoms with Gasteiger partial charge in [0, 0.05) is 5.56 Å². The van der Waals surface area contributed by atoms with Gasteiger partial charge < -0.3 is 9.47 Å². The second-order valence-corrected chi connectivity index (χ2v) is 6.98. The van der Waals surface area contributed by atoms with Crippen molar-refractivity contribution in [3.63, 3.8) is 0 Å². The minimum atomic E-state index is -0.544. The van der Waals surface area contributed by atoms with E-state index >= 15 is 0 Å². The summed E-state index contributed by atoms with van der Waals surface area (Å²) in [6.45, 7) is 2.06. The van der Waals surface area contributed by atoms with Crippen LogP contribution >= 0.6 is 0 Å². The Morgan fingerprint density at radius 2 is 1.75 bits per heavy atom. The van der Waals surface area contributed by atoms with Gasteiger partial charge in [0.2, 0.25) is 0 Å². The zero-order valence-corrected chi connectivity index (χ0v) is 15.3. The number of epoxide rings is 1. The highest BCUT2D eigenvalue weighted by Crippen LogP contribution is 2.60. The summed E-state index contributed by atoms with van der Waals surface area (Å²) in [5.74, 6) is 12.9. The van der Waals surface area contributed by atoms with Crippen molar-refractivity contribution < 1.29 is 14.3 Å². The molecule has 0 unspecified atom stereocenters. The first kappa shape index (κ1) is 16.7. The number of nitrogens with zero attached hydrogens (tertiary/aromatic N) is 1. The second-order valence-electron chi connectivity index (χ2n) is 6.98. The molecule has 5 rings (SSSR count). The maximum absolute atomic E-state index is 13.2. The molecular weight excluding hydrogens is 350 g/mol. The Morgan fingerprint density at radius 1 is 1.04 bits per heavy atom. The van der Waals surface area contributed by atoms with Crippen LogP contribution in [0.1, 0.15) is 12.5 Å². The fourth-order valence-corrected chi connectivity index (χ4v) is 4.06. The zero-order valence-electron chi connectivity index (χ0n) is 15.3. The first-order chi connectivity index (χ1) is 13.7. The summed E-state index contributed by atoms with van der Waals surface area (Å²) in [6, 6.07) is 16.4. The predicted octanol–water partition coefficient (Wildman–Crippen LogP) is 3.88. The largest absolute Gasteiger partial charge is 0.420 e. The molecule has 2 heterocycles. The molecule has 4 heteroatoms. The van der Waals surface area contributed by atoms with Crippen LogP contribution in [0.5, 0.6) is 5.75 Å². The van der Waals surface area contributed by atoms with Crippen molar-refractivity contribution >= 4 is 11.8 Å². The highest BCUT2D eigenvalue weighted by atomic mass is 16.6. The number of anilines is 1. The number of carbonyl (C=O) groups is 1. The molecule has 2 bridgehead atoms. The van der Waals surface area contributed by atoms with E-state index in [2.05, 4.69) is 30.6 Å². The Morgan fingerprint density at radius 3 is 2.57 bits per heavy atom. The smallest absolute Gasteiger partial charge is 0.410 e. The van der Waals surface area contributed by atoms with Gasteiger partial charge in [-0.25, -0.2) is 4.79 Å². The molecule has 2 aromatic rings. The number of ether oxygens (including phenoxy) is 2. The van der Waals surface area contributed by atoms with Crippen LogP contribution in [0.25, 0.3) is 0 Å². The number of rotatable bonds is 1. The molecule has 0 saturated carbocycles. The van der Waals surface area contributed by atoms with E-state index in [0.717, 1.165) is 11.3 Å². The van der Waals surface area contributed by atoms with Crippen LogP contribution in [-0.2, 0) is 10.3 Å². The number of benzene rings is 2. The molecule has 1 amide bonds. The zero-order chi connectivity index (χ0) is 19.1. The summed E-state index contributed by atoms with van der Waals surface area (Å²) in [7, 11) is 0. The van der Waals surface area contributed by atoms with Gasteiger partial charge in [0.1, 0.15) is 23.5 Å². The Bertz CT molecular complexity index is 1100. The summed E-state index contributed by atoms with van der Waals surface area (Å²) in [6.07, 6.45) is 2.73. The van der Waals surface area contributed by atoms with Crippen molar-refractivity contribution in [3.05, 3.63) is 72.3 Å². The SMILES string of the molecule is C[C@H]1C#C/C=C/C#C[C@H]2[C@@H]3O[C@@]13c1ccccc1N2C(=O)Oc1ccccc1. The fraction of sp³-hybridized carbons (Fsp3) is 0.208. The lowest BCUT2D eigenvalue weighted by molar-refractivity contribution is 0.204. The third-order valence-electron chi connectivity index (χ3n) is 5.41. The summed E-state index contributed by atoms with van der Waals surface area (Å²) >= 11 is 0. The number of hydrogen-bond acceptors (Lipinski definition) is 3. The molecular formula is C24H17NO3. The molecule has 136 valence electrons. The molecule has 0 spiro atoms. The lowest BCUT2D eigenvalue weighted by Gasteiger charge is -2.35. The van der Waals surface area contributed by atoms with Crippen molar-refractivity contribution in [1.82, 2.24) is 0 Å². The van der Waals surface area contributed by atoms with E-state index < -0.39 is 17.7 Å². The lowest BCUT2D eigenvalue weighted by Crippen LogP contribution is -2.50. The number of para-hydroxylation sites is 2. The van der Waals surface area contributed by atoms with Crippen LogP contribution in [0.3, 0.4) is 0 Å². The third kappa shape index (κ3) is 2.43.